The summed E-state index contributed by atoms with van der Waals surface area (Å²) in [6.07, 6.45) is 2.54. The number of hydrogen-bond acceptors (Lipinski definition) is 6. The molecule has 0 saturated heterocycles. The topological polar surface area (TPSA) is 129 Å². The Morgan fingerprint density at radius 1 is 1.47 bits per heavy atom. The maximum atomic E-state index is 11.9. The molecule has 1 aromatic heterocycles. The summed E-state index contributed by atoms with van der Waals surface area (Å²) < 4.78 is 25.7. The number of aromatic nitrogens is 1. The normalized spacial score (nSPS) is 12.9. The SMILES string of the molecule is CCNc1cncc(S(=O)(=O)NC(CO)C(=O)O)c1. The van der Waals surface area contributed by atoms with Crippen molar-refractivity contribution in [2.45, 2.75) is 17.9 Å². The van der Waals surface area contributed by atoms with Crippen LogP contribution in [0.3, 0.4) is 0 Å². The molecule has 1 aromatic rings. The van der Waals surface area contributed by atoms with E-state index in [0.717, 1.165) is 6.20 Å². The standard InChI is InChI=1S/C10H15N3O5S/c1-2-12-7-3-8(5-11-4-7)19(17,18)13-9(6-14)10(15)16/h3-5,9,12-14H,2,6H2,1H3,(H,15,16). The summed E-state index contributed by atoms with van der Waals surface area (Å²) in [5.74, 6) is -1.46. The molecule has 8 nitrogen and oxygen atoms in total. The second-order valence-corrected chi connectivity index (χ2v) is 5.35. The fraction of sp³-hybridized carbons (Fsp3) is 0.400. The zero-order chi connectivity index (χ0) is 14.5. The number of carboxylic acids is 1. The van der Waals surface area contributed by atoms with Crippen molar-refractivity contribution in [1.82, 2.24) is 9.71 Å². The molecule has 1 heterocycles. The van der Waals surface area contributed by atoms with E-state index in [-0.39, 0.29) is 4.90 Å². The van der Waals surface area contributed by atoms with Gasteiger partial charge in [0, 0.05) is 12.7 Å². The van der Waals surface area contributed by atoms with Gasteiger partial charge in [0.25, 0.3) is 0 Å². The molecule has 1 atom stereocenters. The lowest BCUT2D eigenvalue weighted by molar-refractivity contribution is -0.139. The molecule has 106 valence electrons. The van der Waals surface area contributed by atoms with Crippen LogP contribution in [0.5, 0.6) is 0 Å². The van der Waals surface area contributed by atoms with Crippen LogP contribution in [0.15, 0.2) is 23.4 Å². The van der Waals surface area contributed by atoms with E-state index in [0.29, 0.717) is 12.2 Å². The van der Waals surface area contributed by atoms with Crippen LogP contribution in [0.4, 0.5) is 5.69 Å². The van der Waals surface area contributed by atoms with Gasteiger partial charge in [-0.15, -0.1) is 0 Å². The summed E-state index contributed by atoms with van der Waals surface area (Å²) in [7, 11) is -4.05. The van der Waals surface area contributed by atoms with Gasteiger partial charge in [-0.25, -0.2) is 8.42 Å². The number of carboxylic acid groups (broad SMARTS) is 1. The molecule has 0 aliphatic rings. The lowest BCUT2D eigenvalue weighted by atomic mass is 10.3. The van der Waals surface area contributed by atoms with Gasteiger partial charge in [0.05, 0.1) is 18.5 Å². The number of hydrogen-bond donors (Lipinski definition) is 4. The highest BCUT2D eigenvalue weighted by Crippen LogP contribution is 2.13. The Labute approximate surface area is 110 Å². The number of nitrogens with zero attached hydrogens (tertiary/aromatic N) is 1. The Morgan fingerprint density at radius 3 is 2.68 bits per heavy atom. The molecule has 1 rings (SSSR count). The molecule has 0 amide bonds. The van der Waals surface area contributed by atoms with Crippen LogP contribution in [-0.4, -0.2) is 48.8 Å². The first-order valence-corrected chi connectivity index (χ1v) is 6.94. The number of aliphatic hydroxyl groups excluding tert-OH is 1. The van der Waals surface area contributed by atoms with E-state index < -0.39 is 28.6 Å². The fourth-order valence-corrected chi connectivity index (χ4v) is 2.46. The van der Waals surface area contributed by atoms with Crippen molar-refractivity contribution in [2.75, 3.05) is 18.5 Å². The highest BCUT2D eigenvalue weighted by atomic mass is 32.2. The zero-order valence-electron chi connectivity index (χ0n) is 10.2. The van der Waals surface area contributed by atoms with Gasteiger partial charge in [-0.1, -0.05) is 0 Å². The van der Waals surface area contributed by atoms with Gasteiger partial charge in [-0.2, -0.15) is 4.72 Å². The van der Waals surface area contributed by atoms with E-state index >= 15 is 0 Å². The highest BCUT2D eigenvalue weighted by Gasteiger charge is 2.25. The van der Waals surface area contributed by atoms with Gasteiger partial charge >= 0.3 is 5.97 Å². The molecule has 19 heavy (non-hydrogen) atoms. The monoisotopic (exact) mass is 289 g/mol. The lowest BCUT2D eigenvalue weighted by Gasteiger charge is -2.12. The average Bonchev–Trinajstić information content (AvgIpc) is 2.36. The Bertz CT molecular complexity index is 546. The van der Waals surface area contributed by atoms with Gasteiger partial charge < -0.3 is 15.5 Å². The molecule has 0 aromatic carbocycles. The quantitative estimate of drug-likeness (QED) is 0.519. The number of aliphatic hydroxyl groups is 1. The van der Waals surface area contributed by atoms with E-state index in [9.17, 15) is 13.2 Å². The third kappa shape index (κ3) is 4.16. The molecule has 0 fully saturated rings. The summed E-state index contributed by atoms with van der Waals surface area (Å²) >= 11 is 0. The van der Waals surface area contributed by atoms with Crippen molar-refractivity contribution >= 4 is 21.7 Å². The largest absolute Gasteiger partial charge is 0.480 e. The number of pyridine rings is 1. The number of nitrogens with one attached hydrogen (secondary N) is 2. The minimum Gasteiger partial charge on any atom is -0.480 e. The summed E-state index contributed by atoms with van der Waals surface area (Å²) in [4.78, 5) is 14.3. The molecule has 4 N–H and O–H groups in total. The molecule has 0 radical (unpaired) electrons. The van der Waals surface area contributed by atoms with Crippen molar-refractivity contribution in [3.63, 3.8) is 0 Å². The van der Waals surface area contributed by atoms with Gasteiger partial charge in [-0.3, -0.25) is 9.78 Å². The van der Waals surface area contributed by atoms with Gasteiger partial charge in [0.1, 0.15) is 10.9 Å². The first-order chi connectivity index (χ1) is 8.90. The van der Waals surface area contributed by atoms with Crippen LogP contribution in [0.1, 0.15) is 6.92 Å². The smallest absolute Gasteiger partial charge is 0.324 e. The van der Waals surface area contributed by atoms with Gasteiger partial charge in [-0.05, 0) is 13.0 Å². The van der Waals surface area contributed by atoms with Crippen molar-refractivity contribution in [1.29, 1.82) is 0 Å². The third-order valence-corrected chi connectivity index (χ3v) is 3.62. The summed E-state index contributed by atoms with van der Waals surface area (Å²) in [6, 6.07) is -0.262. The van der Waals surface area contributed by atoms with Gasteiger partial charge in [0.15, 0.2) is 0 Å². The lowest BCUT2D eigenvalue weighted by Crippen LogP contribution is -2.43. The number of carbonyl (C=O) groups is 1. The van der Waals surface area contributed by atoms with Crippen molar-refractivity contribution in [3.8, 4) is 0 Å². The fourth-order valence-electron chi connectivity index (χ4n) is 1.29. The zero-order valence-corrected chi connectivity index (χ0v) is 11.0. The Kier molecular flexibility index (Phi) is 5.21. The van der Waals surface area contributed by atoms with E-state index in [1.54, 1.807) is 0 Å². The summed E-state index contributed by atoms with van der Waals surface area (Å²) in [5.41, 5.74) is 0.501. The highest BCUT2D eigenvalue weighted by molar-refractivity contribution is 7.89. The van der Waals surface area contributed by atoms with E-state index in [1.807, 2.05) is 11.6 Å². The maximum absolute atomic E-state index is 11.9. The molecule has 9 heteroatoms. The van der Waals surface area contributed by atoms with Crippen LogP contribution in [0, 0.1) is 0 Å². The number of rotatable bonds is 7. The minimum absolute atomic E-state index is 0.175. The first kappa shape index (κ1) is 15.3. The van der Waals surface area contributed by atoms with Gasteiger partial charge in [0.2, 0.25) is 10.0 Å². The van der Waals surface area contributed by atoms with E-state index in [1.165, 1.54) is 12.3 Å². The Balaban J connectivity index is 2.99. The second-order valence-electron chi connectivity index (χ2n) is 3.63. The number of anilines is 1. The molecule has 0 aliphatic carbocycles. The van der Waals surface area contributed by atoms with Crippen molar-refractivity contribution in [2.24, 2.45) is 0 Å². The molecule has 0 aliphatic heterocycles. The average molecular weight is 289 g/mol. The molecule has 0 saturated carbocycles. The van der Waals surface area contributed by atoms with Crippen LogP contribution in [-0.2, 0) is 14.8 Å². The van der Waals surface area contributed by atoms with Crippen LogP contribution < -0.4 is 10.0 Å². The molecule has 1 unspecified atom stereocenters. The molecular weight excluding hydrogens is 274 g/mol. The summed E-state index contributed by atoms with van der Waals surface area (Å²) in [5, 5.41) is 20.4. The Morgan fingerprint density at radius 2 is 2.16 bits per heavy atom. The molecule has 0 bridgehead atoms. The van der Waals surface area contributed by atoms with Crippen molar-refractivity contribution < 1.29 is 23.4 Å². The maximum Gasteiger partial charge on any atom is 0.324 e. The molecular formula is C10H15N3O5S. The molecule has 0 spiro atoms. The summed E-state index contributed by atoms with van der Waals surface area (Å²) in [6.45, 7) is 1.59. The van der Waals surface area contributed by atoms with Crippen LogP contribution in [0.25, 0.3) is 0 Å². The predicted molar refractivity (Wildman–Crippen MR) is 67.2 cm³/mol. The minimum atomic E-state index is -4.05. The number of aliphatic carboxylic acids is 1. The third-order valence-electron chi connectivity index (χ3n) is 2.18. The van der Waals surface area contributed by atoms with Crippen LogP contribution in [0.2, 0.25) is 0 Å². The first-order valence-electron chi connectivity index (χ1n) is 5.45. The predicted octanol–water partition coefficient (Wildman–Crippen LogP) is -0.763. The second kappa shape index (κ2) is 6.45. The van der Waals surface area contributed by atoms with E-state index in [4.69, 9.17) is 10.2 Å². The van der Waals surface area contributed by atoms with Crippen molar-refractivity contribution in [3.05, 3.63) is 18.5 Å². The Hall–Kier alpha value is -1.71. The van der Waals surface area contributed by atoms with Crippen LogP contribution >= 0.6 is 0 Å². The number of sulfonamides is 1. The van der Waals surface area contributed by atoms with E-state index in [2.05, 4.69) is 10.3 Å².